The second kappa shape index (κ2) is 7.12. The molecule has 1 atom stereocenters. The van der Waals surface area contributed by atoms with E-state index in [-0.39, 0.29) is 17.7 Å². The Morgan fingerprint density at radius 1 is 1.29 bits per heavy atom. The van der Waals surface area contributed by atoms with Crippen molar-refractivity contribution in [3.63, 3.8) is 0 Å². The van der Waals surface area contributed by atoms with E-state index in [1.165, 1.54) is 0 Å². The first-order valence-electron chi connectivity index (χ1n) is 7.97. The van der Waals surface area contributed by atoms with Crippen LogP contribution < -0.4 is 5.32 Å². The molecule has 2 heterocycles. The van der Waals surface area contributed by atoms with E-state index in [0.29, 0.717) is 24.6 Å². The van der Waals surface area contributed by atoms with Gasteiger partial charge in [-0.2, -0.15) is 5.10 Å². The molecule has 1 aromatic carbocycles. The zero-order valence-electron chi connectivity index (χ0n) is 13.8. The standard InChI is InChI=1S/C18H20N4O2/c1-3-16-20-13(2)17(24-16)18(23)21-15(12-22-11-7-10-19-22)14-8-5-4-6-9-14/h4-11,15H,3,12H2,1-2H3,(H,21,23)/t15-/m1/s1. The zero-order valence-corrected chi connectivity index (χ0v) is 13.8. The van der Waals surface area contributed by atoms with Gasteiger partial charge in [-0.3, -0.25) is 9.48 Å². The maximum absolute atomic E-state index is 12.6. The molecule has 0 fully saturated rings. The van der Waals surface area contributed by atoms with Gasteiger partial charge in [-0.15, -0.1) is 0 Å². The minimum absolute atomic E-state index is 0.215. The first-order chi connectivity index (χ1) is 11.7. The molecule has 0 unspecified atom stereocenters. The highest BCUT2D eigenvalue weighted by Crippen LogP contribution is 2.17. The lowest BCUT2D eigenvalue weighted by Crippen LogP contribution is -2.31. The van der Waals surface area contributed by atoms with E-state index in [2.05, 4.69) is 15.4 Å². The average molecular weight is 324 g/mol. The predicted octanol–water partition coefficient (Wildman–Crippen LogP) is 2.91. The third-order valence-corrected chi connectivity index (χ3v) is 3.79. The molecule has 124 valence electrons. The molecule has 3 aromatic rings. The topological polar surface area (TPSA) is 73.0 Å². The highest BCUT2D eigenvalue weighted by molar-refractivity contribution is 5.92. The van der Waals surface area contributed by atoms with Gasteiger partial charge in [-0.05, 0) is 18.6 Å². The lowest BCUT2D eigenvalue weighted by atomic mass is 10.1. The normalized spacial score (nSPS) is 12.1. The summed E-state index contributed by atoms with van der Waals surface area (Å²) >= 11 is 0. The molecule has 0 saturated carbocycles. The van der Waals surface area contributed by atoms with Gasteiger partial charge in [0.1, 0.15) is 0 Å². The summed E-state index contributed by atoms with van der Waals surface area (Å²) in [4.78, 5) is 16.9. The van der Waals surface area contributed by atoms with Crippen LogP contribution in [-0.2, 0) is 13.0 Å². The third-order valence-electron chi connectivity index (χ3n) is 3.79. The minimum Gasteiger partial charge on any atom is -0.435 e. The van der Waals surface area contributed by atoms with Crippen molar-refractivity contribution in [2.45, 2.75) is 32.9 Å². The molecule has 1 N–H and O–H groups in total. The summed E-state index contributed by atoms with van der Waals surface area (Å²) in [7, 11) is 0. The lowest BCUT2D eigenvalue weighted by molar-refractivity contribution is 0.0901. The number of aryl methyl sites for hydroxylation is 2. The van der Waals surface area contributed by atoms with Crippen molar-refractivity contribution in [3.8, 4) is 0 Å². The molecule has 0 aliphatic heterocycles. The van der Waals surface area contributed by atoms with Crippen LogP contribution in [0.15, 0.2) is 53.2 Å². The van der Waals surface area contributed by atoms with Crippen molar-refractivity contribution in [2.24, 2.45) is 0 Å². The summed E-state index contributed by atoms with van der Waals surface area (Å²) in [5.74, 6) is 0.579. The number of carbonyl (C=O) groups is 1. The largest absolute Gasteiger partial charge is 0.435 e. The maximum Gasteiger partial charge on any atom is 0.289 e. The van der Waals surface area contributed by atoms with E-state index in [0.717, 1.165) is 5.56 Å². The fraction of sp³-hybridized carbons (Fsp3) is 0.278. The summed E-state index contributed by atoms with van der Waals surface area (Å²) in [6.45, 7) is 4.26. The van der Waals surface area contributed by atoms with Crippen LogP contribution in [0.3, 0.4) is 0 Å². The predicted molar refractivity (Wildman–Crippen MR) is 89.5 cm³/mol. The number of amides is 1. The molecule has 0 radical (unpaired) electrons. The molecule has 0 saturated heterocycles. The smallest absolute Gasteiger partial charge is 0.289 e. The number of rotatable bonds is 6. The van der Waals surface area contributed by atoms with Gasteiger partial charge in [0.25, 0.3) is 5.91 Å². The van der Waals surface area contributed by atoms with Crippen LogP contribution in [0.1, 0.15) is 40.7 Å². The Hall–Kier alpha value is -2.89. The second-order valence-electron chi connectivity index (χ2n) is 5.54. The summed E-state index contributed by atoms with van der Waals surface area (Å²) < 4.78 is 7.35. The number of hydrogen-bond acceptors (Lipinski definition) is 4. The fourth-order valence-corrected chi connectivity index (χ4v) is 2.55. The van der Waals surface area contributed by atoms with Gasteiger partial charge >= 0.3 is 0 Å². The van der Waals surface area contributed by atoms with Crippen LogP contribution in [0.4, 0.5) is 0 Å². The van der Waals surface area contributed by atoms with Crippen molar-refractivity contribution in [3.05, 3.63) is 71.7 Å². The fourth-order valence-electron chi connectivity index (χ4n) is 2.55. The maximum atomic E-state index is 12.6. The summed E-state index contributed by atoms with van der Waals surface area (Å²) in [6, 6.07) is 11.5. The molecule has 2 aromatic heterocycles. The Bertz CT molecular complexity index is 794. The van der Waals surface area contributed by atoms with Crippen LogP contribution in [0.2, 0.25) is 0 Å². The molecular formula is C18H20N4O2. The minimum atomic E-state index is -0.263. The highest BCUT2D eigenvalue weighted by atomic mass is 16.4. The quantitative estimate of drug-likeness (QED) is 0.756. The van der Waals surface area contributed by atoms with Gasteiger partial charge in [0.15, 0.2) is 5.89 Å². The van der Waals surface area contributed by atoms with E-state index in [4.69, 9.17) is 4.42 Å². The average Bonchev–Trinajstić information content (AvgIpc) is 3.24. The molecule has 6 nitrogen and oxygen atoms in total. The lowest BCUT2D eigenvalue weighted by Gasteiger charge is -2.19. The number of oxazole rings is 1. The van der Waals surface area contributed by atoms with Crippen molar-refractivity contribution in [1.29, 1.82) is 0 Å². The molecule has 0 aliphatic rings. The van der Waals surface area contributed by atoms with Crippen LogP contribution in [0.25, 0.3) is 0 Å². The Kier molecular flexibility index (Phi) is 4.74. The number of aromatic nitrogens is 3. The number of hydrogen-bond donors (Lipinski definition) is 1. The summed E-state index contributed by atoms with van der Waals surface area (Å²) in [6.07, 6.45) is 4.25. The van der Waals surface area contributed by atoms with E-state index < -0.39 is 0 Å². The van der Waals surface area contributed by atoms with Crippen molar-refractivity contribution < 1.29 is 9.21 Å². The summed E-state index contributed by atoms with van der Waals surface area (Å²) in [5.41, 5.74) is 1.62. The van der Waals surface area contributed by atoms with E-state index in [1.807, 2.05) is 49.5 Å². The molecule has 0 bridgehead atoms. The van der Waals surface area contributed by atoms with E-state index >= 15 is 0 Å². The van der Waals surface area contributed by atoms with Crippen molar-refractivity contribution in [2.75, 3.05) is 0 Å². The molecule has 3 rings (SSSR count). The van der Waals surface area contributed by atoms with Gasteiger partial charge in [0.05, 0.1) is 18.3 Å². The van der Waals surface area contributed by atoms with Gasteiger partial charge in [-0.1, -0.05) is 37.3 Å². The number of benzene rings is 1. The number of nitrogens with one attached hydrogen (secondary N) is 1. The highest BCUT2D eigenvalue weighted by Gasteiger charge is 2.21. The number of nitrogens with zero attached hydrogens (tertiary/aromatic N) is 3. The third kappa shape index (κ3) is 3.53. The first kappa shape index (κ1) is 16.0. The first-order valence-corrected chi connectivity index (χ1v) is 7.97. The summed E-state index contributed by atoms with van der Waals surface area (Å²) in [5, 5.41) is 7.26. The van der Waals surface area contributed by atoms with E-state index in [9.17, 15) is 4.79 Å². The molecule has 24 heavy (non-hydrogen) atoms. The Morgan fingerprint density at radius 2 is 2.08 bits per heavy atom. The van der Waals surface area contributed by atoms with E-state index in [1.54, 1.807) is 17.8 Å². The Labute approximate surface area is 140 Å². The SMILES string of the molecule is CCc1nc(C)c(C(=O)N[C@H](Cn2cccn2)c2ccccc2)o1. The molecule has 1 amide bonds. The van der Waals surface area contributed by atoms with Crippen molar-refractivity contribution in [1.82, 2.24) is 20.1 Å². The second-order valence-corrected chi connectivity index (χ2v) is 5.54. The molecule has 6 heteroatoms. The van der Waals surface area contributed by atoms with Crippen molar-refractivity contribution >= 4 is 5.91 Å². The van der Waals surface area contributed by atoms with Crippen LogP contribution in [0.5, 0.6) is 0 Å². The van der Waals surface area contributed by atoms with Crippen LogP contribution in [-0.4, -0.2) is 20.7 Å². The Balaban J connectivity index is 1.83. The number of carbonyl (C=O) groups excluding carboxylic acids is 1. The van der Waals surface area contributed by atoms with Crippen LogP contribution in [0, 0.1) is 6.92 Å². The zero-order chi connectivity index (χ0) is 16.9. The van der Waals surface area contributed by atoms with Gasteiger partial charge < -0.3 is 9.73 Å². The molecule has 0 aliphatic carbocycles. The van der Waals surface area contributed by atoms with Gasteiger partial charge in [0, 0.05) is 18.8 Å². The van der Waals surface area contributed by atoms with Gasteiger partial charge in [0.2, 0.25) is 5.76 Å². The van der Waals surface area contributed by atoms with Gasteiger partial charge in [-0.25, -0.2) is 4.98 Å². The molecule has 0 spiro atoms. The Morgan fingerprint density at radius 3 is 2.71 bits per heavy atom. The molecular weight excluding hydrogens is 304 g/mol. The monoisotopic (exact) mass is 324 g/mol. The van der Waals surface area contributed by atoms with Crippen LogP contribution >= 0.6 is 0 Å².